The Morgan fingerprint density at radius 1 is 1.13 bits per heavy atom. The third-order valence-electron chi connectivity index (χ3n) is 2.13. The first-order chi connectivity index (χ1) is 7.18. The van der Waals surface area contributed by atoms with Crippen LogP contribution in [0, 0.1) is 0 Å². The summed E-state index contributed by atoms with van der Waals surface area (Å²) in [7, 11) is -1.50. The van der Waals surface area contributed by atoms with Crippen molar-refractivity contribution in [3.63, 3.8) is 0 Å². The standard InChI is InChI=1S/C10H10BNO2S/c12-10-8(11(13)14)6-9(15-10)7-4-2-1-3-5-7/h1-6,13-14H,12H2. The molecule has 1 heterocycles. The number of benzene rings is 1. The number of anilines is 1. The van der Waals surface area contributed by atoms with Crippen molar-refractivity contribution in [2.45, 2.75) is 0 Å². The van der Waals surface area contributed by atoms with E-state index in [9.17, 15) is 0 Å². The molecule has 3 nitrogen and oxygen atoms in total. The van der Waals surface area contributed by atoms with Crippen molar-refractivity contribution >= 4 is 28.9 Å². The number of thiophene rings is 1. The summed E-state index contributed by atoms with van der Waals surface area (Å²) >= 11 is 1.35. The van der Waals surface area contributed by atoms with Crippen molar-refractivity contribution in [3.8, 4) is 10.4 Å². The fourth-order valence-corrected chi connectivity index (χ4v) is 2.32. The van der Waals surface area contributed by atoms with Crippen molar-refractivity contribution in [2.75, 3.05) is 5.73 Å². The molecule has 0 unspecified atom stereocenters. The fourth-order valence-electron chi connectivity index (χ4n) is 1.37. The molecule has 0 saturated carbocycles. The topological polar surface area (TPSA) is 66.5 Å². The second-order valence-electron chi connectivity index (χ2n) is 3.17. The third-order valence-corrected chi connectivity index (χ3v) is 3.16. The SMILES string of the molecule is Nc1sc(-c2ccccc2)cc1B(O)O. The van der Waals surface area contributed by atoms with Gasteiger partial charge < -0.3 is 15.8 Å². The highest BCUT2D eigenvalue weighted by atomic mass is 32.1. The van der Waals surface area contributed by atoms with E-state index in [-0.39, 0.29) is 0 Å². The van der Waals surface area contributed by atoms with Crippen LogP contribution >= 0.6 is 11.3 Å². The average Bonchev–Trinajstić information content (AvgIpc) is 2.62. The van der Waals surface area contributed by atoms with Crippen LogP contribution in [0.5, 0.6) is 0 Å². The first-order valence-corrected chi connectivity index (χ1v) is 5.31. The van der Waals surface area contributed by atoms with Gasteiger partial charge in [0.25, 0.3) is 0 Å². The maximum atomic E-state index is 9.05. The lowest BCUT2D eigenvalue weighted by Crippen LogP contribution is -2.30. The Morgan fingerprint density at radius 2 is 1.80 bits per heavy atom. The van der Waals surface area contributed by atoms with Gasteiger partial charge in [-0.05, 0) is 11.6 Å². The van der Waals surface area contributed by atoms with Gasteiger partial charge in [0.15, 0.2) is 0 Å². The molecule has 2 aromatic rings. The first kappa shape index (κ1) is 10.2. The number of rotatable bonds is 2. The van der Waals surface area contributed by atoms with Gasteiger partial charge in [-0.15, -0.1) is 11.3 Å². The van der Waals surface area contributed by atoms with Crippen molar-refractivity contribution in [2.24, 2.45) is 0 Å². The Balaban J connectivity index is 2.43. The molecule has 2 rings (SSSR count). The van der Waals surface area contributed by atoms with Crippen LogP contribution in [-0.2, 0) is 0 Å². The van der Waals surface area contributed by atoms with Crippen LogP contribution in [-0.4, -0.2) is 17.2 Å². The highest BCUT2D eigenvalue weighted by Crippen LogP contribution is 2.27. The van der Waals surface area contributed by atoms with E-state index in [0.717, 1.165) is 10.4 Å². The van der Waals surface area contributed by atoms with E-state index in [0.29, 0.717) is 10.5 Å². The Kier molecular flexibility index (Phi) is 2.77. The van der Waals surface area contributed by atoms with E-state index in [4.69, 9.17) is 15.8 Å². The molecule has 0 radical (unpaired) electrons. The second kappa shape index (κ2) is 4.06. The Labute approximate surface area is 91.9 Å². The molecule has 15 heavy (non-hydrogen) atoms. The molecule has 0 fully saturated rings. The lowest BCUT2D eigenvalue weighted by atomic mass is 9.81. The summed E-state index contributed by atoms with van der Waals surface area (Å²) < 4.78 is 0. The lowest BCUT2D eigenvalue weighted by molar-refractivity contribution is 0.426. The molecule has 0 amide bonds. The van der Waals surface area contributed by atoms with Gasteiger partial charge in [0.05, 0.1) is 5.00 Å². The fraction of sp³-hybridized carbons (Fsp3) is 0. The highest BCUT2D eigenvalue weighted by Gasteiger charge is 2.18. The number of nitrogen functional groups attached to an aromatic ring is 1. The smallest absolute Gasteiger partial charge is 0.423 e. The van der Waals surface area contributed by atoms with Crippen molar-refractivity contribution in [1.82, 2.24) is 0 Å². The van der Waals surface area contributed by atoms with E-state index in [2.05, 4.69) is 0 Å². The molecule has 5 heteroatoms. The molecule has 0 atom stereocenters. The highest BCUT2D eigenvalue weighted by molar-refractivity contribution is 7.20. The predicted molar refractivity (Wildman–Crippen MR) is 64.0 cm³/mol. The molecular formula is C10H10BNO2S. The third kappa shape index (κ3) is 2.04. The average molecular weight is 219 g/mol. The number of nitrogens with two attached hydrogens (primary N) is 1. The minimum Gasteiger partial charge on any atom is -0.423 e. The van der Waals surface area contributed by atoms with Crippen LogP contribution in [0.2, 0.25) is 0 Å². The zero-order valence-electron chi connectivity index (χ0n) is 7.92. The van der Waals surface area contributed by atoms with Gasteiger partial charge in [0.1, 0.15) is 0 Å². The molecule has 1 aromatic heterocycles. The van der Waals surface area contributed by atoms with Gasteiger partial charge in [-0.1, -0.05) is 30.3 Å². The van der Waals surface area contributed by atoms with Gasteiger partial charge in [-0.25, -0.2) is 0 Å². The Bertz CT molecular complexity index is 456. The van der Waals surface area contributed by atoms with Crippen LogP contribution in [0.25, 0.3) is 10.4 Å². The van der Waals surface area contributed by atoms with E-state index in [1.165, 1.54) is 11.3 Å². The summed E-state index contributed by atoms with van der Waals surface area (Å²) in [6.07, 6.45) is 0. The summed E-state index contributed by atoms with van der Waals surface area (Å²) in [5.41, 5.74) is 7.08. The summed E-state index contributed by atoms with van der Waals surface area (Å²) in [6.45, 7) is 0. The lowest BCUT2D eigenvalue weighted by Gasteiger charge is -1.94. The Hall–Kier alpha value is -1.30. The van der Waals surface area contributed by atoms with Crippen molar-refractivity contribution < 1.29 is 10.0 Å². The van der Waals surface area contributed by atoms with E-state index < -0.39 is 7.12 Å². The maximum Gasteiger partial charge on any atom is 0.491 e. The zero-order chi connectivity index (χ0) is 10.8. The van der Waals surface area contributed by atoms with Gasteiger partial charge in [0, 0.05) is 10.3 Å². The minimum atomic E-state index is -1.50. The van der Waals surface area contributed by atoms with Gasteiger partial charge in [0.2, 0.25) is 0 Å². The molecule has 76 valence electrons. The number of hydrogen-bond donors (Lipinski definition) is 3. The maximum absolute atomic E-state index is 9.05. The molecule has 0 spiro atoms. The van der Waals surface area contributed by atoms with Crippen LogP contribution in [0.1, 0.15) is 0 Å². The molecular weight excluding hydrogens is 209 g/mol. The monoisotopic (exact) mass is 219 g/mol. The van der Waals surface area contributed by atoms with Crippen LogP contribution in [0.4, 0.5) is 5.00 Å². The van der Waals surface area contributed by atoms with Crippen molar-refractivity contribution in [3.05, 3.63) is 36.4 Å². The normalized spacial score (nSPS) is 10.3. The largest absolute Gasteiger partial charge is 0.491 e. The summed E-state index contributed by atoms with van der Waals surface area (Å²) in [5, 5.41) is 18.5. The zero-order valence-corrected chi connectivity index (χ0v) is 8.74. The van der Waals surface area contributed by atoms with Gasteiger partial charge in [-0.2, -0.15) is 0 Å². The number of hydrogen-bond acceptors (Lipinski definition) is 4. The molecule has 1 aromatic carbocycles. The van der Waals surface area contributed by atoms with Crippen molar-refractivity contribution in [1.29, 1.82) is 0 Å². The summed E-state index contributed by atoms with van der Waals surface area (Å²) in [4.78, 5) is 0.941. The quantitative estimate of drug-likeness (QED) is 0.650. The predicted octanol–water partition coefficient (Wildman–Crippen LogP) is 0.677. The summed E-state index contributed by atoms with van der Waals surface area (Å²) in [5.74, 6) is 0. The van der Waals surface area contributed by atoms with Crippen LogP contribution in [0.15, 0.2) is 36.4 Å². The van der Waals surface area contributed by atoms with Crippen LogP contribution < -0.4 is 11.2 Å². The van der Waals surface area contributed by atoms with Gasteiger partial charge >= 0.3 is 7.12 Å². The first-order valence-electron chi connectivity index (χ1n) is 4.49. The molecule has 0 aliphatic rings. The second-order valence-corrected chi connectivity index (χ2v) is 4.25. The van der Waals surface area contributed by atoms with E-state index in [1.807, 2.05) is 30.3 Å². The molecule has 0 bridgehead atoms. The van der Waals surface area contributed by atoms with E-state index in [1.54, 1.807) is 6.07 Å². The van der Waals surface area contributed by atoms with Gasteiger partial charge in [-0.3, -0.25) is 0 Å². The molecule has 0 aliphatic carbocycles. The summed E-state index contributed by atoms with van der Waals surface area (Å²) in [6, 6.07) is 11.4. The molecule has 0 saturated heterocycles. The molecule has 0 aliphatic heterocycles. The minimum absolute atomic E-state index is 0.374. The van der Waals surface area contributed by atoms with E-state index >= 15 is 0 Å². The van der Waals surface area contributed by atoms with Crippen LogP contribution in [0.3, 0.4) is 0 Å². The molecule has 4 N–H and O–H groups in total. The Morgan fingerprint density at radius 3 is 2.33 bits per heavy atom.